The summed E-state index contributed by atoms with van der Waals surface area (Å²) in [6, 6.07) is 13.7. The first-order valence-electron chi connectivity index (χ1n) is 8.25. The lowest BCUT2D eigenvalue weighted by Gasteiger charge is -2.37. The first-order chi connectivity index (χ1) is 12.0. The minimum atomic E-state index is -0.599. The Labute approximate surface area is 151 Å². The van der Waals surface area contributed by atoms with Gasteiger partial charge in [0, 0.05) is 31.2 Å². The van der Waals surface area contributed by atoms with Crippen LogP contribution in [0.1, 0.15) is 6.92 Å². The van der Waals surface area contributed by atoms with E-state index in [0.717, 1.165) is 0 Å². The molecule has 0 unspecified atom stereocenters. The van der Waals surface area contributed by atoms with Crippen molar-refractivity contribution >= 4 is 23.2 Å². The zero-order valence-electron chi connectivity index (χ0n) is 14.0. The first kappa shape index (κ1) is 17.5. The molecule has 0 aliphatic carbocycles. The van der Waals surface area contributed by atoms with Crippen LogP contribution in [0.3, 0.4) is 0 Å². The summed E-state index contributed by atoms with van der Waals surface area (Å²) in [6.45, 7) is 3.99. The van der Waals surface area contributed by atoms with Crippen molar-refractivity contribution < 1.29 is 13.9 Å². The number of rotatable bonds is 4. The van der Waals surface area contributed by atoms with Gasteiger partial charge in [0.2, 0.25) is 0 Å². The zero-order valence-corrected chi connectivity index (χ0v) is 14.7. The van der Waals surface area contributed by atoms with Gasteiger partial charge >= 0.3 is 0 Å². The summed E-state index contributed by atoms with van der Waals surface area (Å²) < 4.78 is 19.6. The van der Waals surface area contributed by atoms with E-state index in [2.05, 4.69) is 0 Å². The molecule has 1 heterocycles. The molecule has 1 amide bonds. The molecule has 4 nitrogen and oxygen atoms in total. The van der Waals surface area contributed by atoms with Gasteiger partial charge in [-0.3, -0.25) is 4.79 Å². The Balaban J connectivity index is 1.57. The smallest absolute Gasteiger partial charge is 0.263 e. The third-order valence-corrected chi connectivity index (χ3v) is 4.48. The van der Waals surface area contributed by atoms with E-state index in [9.17, 15) is 9.18 Å². The standard InChI is InChI=1S/C19H20ClFN2O2/c1-14(25-16-6-4-5-15(20)13-16)19(24)23-11-9-22(10-12-23)18-8-3-2-7-17(18)21/h2-8,13-14H,9-12H2,1H3/t14-/m1/s1. The molecule has 0 saturated carbocycles. The van der Waals surface area contributed by atoms with Crippen LogP contribution in [0.15, 0.2) is 48.5 Å². The van der Waals surface area contributed by atoms with Gasteiger partial charge in [-0.25, -0.2) is 4.39 Å². The Morgan fingerprint density at radius 2 is 1.84 bits per heavy atom. The van der Waals surface area contributed by atoms with Crippen LogP contribution in [-0.2, 0) is 4.79 Å². The topological polar surface area (TPSA) is 32.8 Å². The van der Waals surface area contributed by atoms with E-state index in [0.29, 0.717) is 42.6 Å². The van der Waals surface area contributed by atoms with Crippen molar-refractivity contribution in [2.45, 2.75) is 13.0 Å². The maximum atomic E-state index is 13.9. The Kier molecular flexibility index (Phi) is 5.43. The number of carbonyl (C=O) groups is 1. The molecule has 3 rings (SSSR count). The number of hydrogen-bond donors (Lipinski definition) is 0. The van der Waals surface area contributed by atoms with Crippen molar-refractivity contribution in [3.05, 3.63) is 59.4 Å². The number of ether oxygens (including phenoxy) is 1. The van der Waals surface area contributed by atoms with Gasteiger partial charge < -0.3 is 14.5 Å². The molecule has 0 N–H and O–H groups in total. The van der Waals surface area contributed by atoms with Crippen molar-refractivity contribution in [2.24, 2.45) is 0 Å². The van der Waals surface area contributed by atoms with E-state index in [-0.39, 0.29) is 11.7 Å². The second-order valence-electron chi connectivity index (χ2n) is 5.98. The molecule has 6 heteroatoms. The summed E-state index contributed by atoms with van der Waals surface area (Å²) in [5.41, 5.74) is 0.581. The molecule has 1 saturated heterocycles. The molecule has 1 aliphatic heterocycles. The number of carbonyl (C=O) groups excluding carboxylic acids is 1. The lowest BCUT2D eigenvalue weighted by Crippen LogP contribution is -2.52. The van der Waals surface area contributed by atoms with Gasteiger partial charge in [-0.2, -0.15) is 0 Å². The molecular weight excluding hydrogens is 343 g/mol. The molecule has 2 aromatic rings. The zero-order chi connectivity index (χ0) is 17.8. The van der Waals surface area contributed by atoms with Gasteiger partial charge in [-0.15, -0.1) is 0 Å². The largest absolute Gasteiger partial charge is 0.481 e. The van der Waals surface area contributed by atoms with Crippen LogP contribution in [0.4, 0.5) is 10.1 Å². The lowest BCUT2D eigenvalue weighted by molar-refractivity contribution is -0.138. The fourth-order valence-electron chi connectivity index (χ4n) is 2.93. The van der Waals surface area contributed by atoms with E-state index in [1.54, 1.807) is 48.2 Å². The molecule has 1 fully saturated rings. The Bertz CT molecular complexity index is 748. The predicted octanol–water partition coefficient (Wildman–Crippen LogP) is 3.60. The molecule has 132 valence electrons. The molecule has 0 aromatic heterocycles. The highest BCUT2D eigenvalue weighted by Gasteiger charge is 2.26. The van der Waals surface area contributed by atoms with Crippen LogP contribution in [0.25, 0.3) is 0 Å². The summed E-state index contributed by atoms with van der Waals surface area (Å²) in [4.78, 5) is 16.3. The second-order valence-corrected chi connectivity index (χ2v) is 6.42. The molecule has 0 radical (unpaired) electrons. The number of piperazine rings is 1. The normalized spacial score (nSPS) is 15.8. The summed E-state index contributed by atoms with van der Waals surface area (Å²) in [6.07, 6.45) is -0.599. The van der Waals surface area contributed by atoms with Crippen LogP contribution < -0.4 is 9.64 Å². The highest BCUT2D eigenvalue weighted by molar-refractivity contribution is 6.30. The highest BCUT2D eigenvalue weighted by Crippen LogP contribution is 2.21. The van der Waals surface area contributed by atoms with Crippen molar-refractivity contribution in [1.82, 2.24) is 4.90 Å². The Morgan fingerprint density at radius 3 is 2.52 bits per heavy atom. The average Bonchev–Trinajstić information content (AvgIpc) is 2.62. The maximum absolute atomic E-state index is 13.9. The highest BCUT2D eigenvalue weighted by atomic mass is 35.5. The third kappa shape index (κ3) is 4.23. The van der Waals surface area contributed by atoms with Crippen LogP contribution in [0.2, 0.25) is 5.02 Å². The van der Waals surface area contributed by atoms with Gasteiger partial charge in [-0.1, -0.05) is 29.8 Å². The second kappa shape index (κ2) is 7.74. The molecule has 1 aliphatic rings. The number of benzene rings is 2. The minimum absolute atomic E-state index is 0.0758. The van der Waals surface area contributed by atoms with E-state index in [1.807, 2.05) is 11.0 Å². The van der Waals surface area contributed by atoms with Gasteiger partial charge in [0.25, 0.3) is 5.91 Å². The fourth-order valence-corrected chi connectivity index (χ4v) is 3.11. The molecule has 0 spiro atoms. The summed E-state index contributed by atoms with van der Waals surface area (Å²) >= 11 is 5.93. The third-order valence-electron chi connectivity index (χ3n) is 4.24. The molecule has 1 atom stereocenters. The van der Waals surface area contributed by atoms with Crippen LogP contribution in [0.5, 0.6) is 5.75 Å². The van der Waals surface area contributed by atoms with Crippen molar-refractivity contribution in [3.8, 4) is 5.75 Å². The van der Waals surface area contributed by atoms with Crippen LogP contribution >= 0.6 is 11.6 Å². The Morgan fingerprint density at radius 1 is 1.12 bits per heavy atom. The predicted molar refractivity (Wildman–Crippen MR) is 96.7 cm³/mol. The quantitative estimate of drug-likeness (QED) is 0.833. The Hall–Kier alpha value is -2.27. The number of para-hydroxylation sites is 1. The number of nitrogens with zero attached hydrogens (tertiary/aromatic N) is 2. The van der Waals surface area contributed by atoms with Crippen molar-refractivity contribution in [1.29, 1.82) is 0 Å². The van der Waals surface area contributed by atoms with Crippen LogP contribution in [0, 0.1) is 5.82 Å². The van der Waals surface area contributed by atoms with Gasteiger partial charge in [0.1, 0.15) is 11.6 Å². The number of anilines is 1. The van der Waals surface area contributed by atoms with Crippen molar-refractivity contribution in [2.75, 3.05) is 31.1 Å². The molecule has 0 bridgehead atoms. The molecular formula is C19H20ClFN2O2. The van der Waals surface area contributed by atoms with Gasteiger partial charge in [0.05, 0.1) is 5.69 Å². The summed E-state index contributed by atoms with van der Waals surface area (Å²) in [5.74, 6) is 0.256. The van der Waals surface area contributed by atoms with Crippen LogP contribution in [-0.4, -0.2) is 43.1 Å². The summed E-state index contributed by atoms with van der Waals surface area (Å²) in [5, 5.41) is 0.565. The van der Waals surface area contributed by atoms with E-state index in [4.69, 9.17) is 16.3 Å². The summed E-state index contributed by atoms with van der Waals surface area (Å²) in [7, 11) is 0. The maximum Gasteiger partial charge on any atom is 0.263 e. The van der Waals surface area contributed by atoms with Gasteiger partial charge in [-0.05, 0) is 37.3 Å². The first-order valence-corrected chi connectivity index (χ1v) is 8.63. The SMILES string of the molecule is C[C@@H](Oc1cccc(Cl)c1)C(=O)N1CCN(c2ccccc2F)CC1. The minimum Gasteiger partial charge on any atom is -0.481 e. The molecule has 2 aromatic carbocycles. The van der Waals surface area contributed by atoms with E-state index in [1.165, 1.54) is 6.07 Å². The average molecular weight is 363 g/mol. The number of hydrogen-bond acceptors (Lipinski definition) is 3. The fraction of sp³-hybridized carbons (Fsp3) is 0.316. The van der Waals surface area contributed by atoms with E-state index < -0.39 is 6.10 Å². The molecule has 25 heavy (non-hydrogen) atoms. The van der Waals surface area contributed by atoms with Crippen molar-refractivity contribution in [3.63, 3.8) is 0 Å². The van der Waals surface area contributed by atoms with Gasteiger partial charge in [0.15, 0.2) is 6.10 Å². The lowest BCUT2D eigenvalue weighted by atomic mass is 10.2. The monoisotopic (exact) mass is 362 g/mol. The van der Waals surface area contributed by atoms with E-state index >= 15 is 0 Å². The number of amides is 1. The number of halogens is 2.